The van der Waals surface area contributed by atoms with Crippen LogP contribution in [0.4, 0.5) is 10.6 Å². The summed E-state index contributed by atoms with van der Waals surface area (Å²) < 4.78 is 17.8. The van der Waals surface area contributed by atoms with E-state index in [2.05, 4.69) is 17.1 Å². The number of hydrogen-bond acceptors (Lipinski definition) is 11. The summed E-state index contributed by atoms with van der Waals surface area (Å²) in [6.45, 7) is 12.9. The molecule has 4 aliphatic rings. The summed E-state index contributed by atoms with van der Waals surface area (Å²) in [5.74, 6) is 1.46. The van der Waals surface area contributed by atoms with Gasteiger partial charge in [0.25, 0.3) is 0 Å². The van der Waals surface area contributed by atoms with Crippen LogP contribution in [0, 0.1) is 16.7 Å². The van der Waals surface area contributed by atoms with Gasteiger partial charge in [0.15, 0.2) is 5.82 Å². The van der Waals surface area contributed by atoms with Gasteiger partial charge in [-0.05, 0) is 92.2 Å². The Kier molecular flexibility index (Phi) is 10.5. The molecule has 1 amide bonds. The summed E-state index contributed by atoms with van der Waals surface area (Å²) in [6, 6.07) is 1.81. The van der Waals surface area contributed by atoms with Crippen molar-refractivity contribution >= 4 is 23.4 Å². The summed E-state index contributed by atoms with van der Waals surface area (Å²) in [5, 5.41) is 24.1. The second-order valence-corrected chi connectivity index (χ2v) is 15.0. The molecule has 3 heterocycles. The highest BCUT2D eigenvalue weighted by atomic mass is 16.6. The first kappa shape index (κ1) is 35.1. The highest BCUT2D eigenvalue weighted by Gasteiger charge is 2.52. The molecule has 1 aromatic rings. The molecule has 3 N–H and O–H groups in total. The molecule has 12 nitrogen and oxygen atoms in total. The zero-order valence-electron chi connectivity index (χ0n) is 29.1. The van der Waals surface area contributed by atoms with Gasteiger partial charge >= 0.3 is 6.09 Å². The number of allylic oxidation sites excluding steroid dienone is 2. The standard InChI is InChI=1S/C35H54N6O6/c1-23(11-10-16-37-6)24(2)46-28-19-27(40-17-18-41(32(44)47-33(3,4)5)34(20-40)21-45-22-34)38-31(39-28)29(36)25-12-9-15-35(30(25)43)14-8-7-13-26(35)42/h19,23-24,36-37,43H,7-18,20-22H2,1-6H3/t23-,24-,35+/m0/s1. The van der Waals surface area contributed by atoms with Crippen molar-refractivity contribution in [3.63, 3.8) is 0 Å². The molecule has 1 aromatic heterocycles. The molecule has 0 unspecified atom stereocenters. The summed E-state index contributed by atoms with van der Waals surface area (Å²) in [7, 11) is 1.95. The number of amides is 1. The lowest BCUT2D eigenvalue weighted by Crippen LogP contribution is -2.73. The number of rotatable bonds is 10. The average molecular weight is 655 g/mol. The molecule has 2 aliphatic carbocycles. The van der Waals surface area contributed by atoms with Crippen LogP contribution in [0.25, 0.3) is 0 Å². The molecule has 2 aliphatic heterocycles. The molecule has 260 valence electrons. The maximum atomic E-state index is 13.2. The van der Waals surface area contributed by atoms with E-state index in [1.54, 1.807) is 4.90 Å². The van der Waals surface area contributed by atoms with Crippen molar-refractivity contribution in [1.29, 1.82) is 5.41 Å². The zero-order chi connectivity index (χ0) is 34.0. The first-order valence-electron chi connectivity index (χ1n) is 17.4. The third kappa shape index (κ3) is 7.43. The van der Waals surface area contributed by atoms with E-state index in [-0.39, 0.29) is 41.2 Å². The van der Waals surface area contributed by atoms with Crippen LogP contribution >= 0.6 is 0 Å². The monoisotopic (exact) mass is 654 g/mol. The smallest absolute Gasteiger partial charge is 0.411 e. The number of aromatic nitrogens is 2. The van der Waals surface area contributed by atoms with Crippen LogP contribution in [0.3, 0.4) is 0 Å². The molecule has 0 radical (unpaired) electrons. The number of aliphatic hydroxyl groups excluding tert-OH is 1. The Balaban J connectivity index is 1.46. The van der Waals surface area contributed by atoms with E-state index in [9.17, 15) is 20.1 Å². The lowest BCUT2D eigenvalue weighted by atomic mass is 9.64. The van der Waals surface area contributed by atoms with Gasteiger partial charge in [-0.15, -0.1) is 0 Å². The Morgan fingerprint density at radius 2 is 1.89 bits per heavy atom. The predicted molar refractivity (Wildman–Crippen MR) is 179 cm³/mol. The van der Waals surface area contributed by atoms with Crippen molar-refractivity contribution in [2.45, 2.75) is 110 Å². The van der Waals surface area contributed by atoms with E-state index in [0.717, 1.165) is 32.2 Å². The van der Waals surface area contributed by atoms with E-state index in [0.29, 0.717) is 82.2 Å². The fraction of sp³-hybridized carbons (Fsp3) is 0.743. The highest BCUT2D eigenvalue weighted by Crippen LogP contribution is 2.48. The van der Waals surface area contributed by atoms with Crippen LogP contribution in [-0.2, 0) is 14.3 Å². The molecular formula is C35H54N6O6. The van der Waals surface area contributed by atoms with Crippen LogP contribution in [0.1, 0.15) is 98.2 Å². The van der Waals surface area contributed by atoms with Crippen molar-refractivity contribution in [3.05, 3.63) is 23.2 Å². The SMILES string of the molecule is CNCCC[C@H](C)[C@H](C)Oc1cc(N2CCN(C(=O)OC(C)(C)C)C3(COC3)C2)nc(C(=N)C2=C(O)[C@]3(CCCCC3=O)CCC2)n1. The van der Waals surface area contributed by atoms with Gasteiger partial charge in [-0.25, -0.2) is 9.78 Å². The third-order valence-corrected chi connectivity index (χ3v) is 10.3. The van der Waals surface area contributed by atoms with Crippen molar-refractivity contribution in [2.75, 3.05) is 51.3 Å². The number of Topliss-reactive ketones (excluding diaryl/α,β-unsaturated/α-hetero) is 1. The maximum Gasteiger partial charge on any atom is 0.411 e. The lowest BCUT2D eigenvalue weighted by Gasteiger charge is -2.54. The molecule has 12 heteroatoms. The topological polar surface area (TPSA) is 150 Å². The van der Waals surface area contributed by atoms with Crippen LogP contribution in [0.2, 0.25) is 0 Å². The number of aliphatic hydroxyl groups is 1. The van der Waals surface area contributed by atoms with Gasteiger partial charge in [0, 0.05) is 37.7 Å². The van der Waals surface area contributed by atoms with Crippen LogP contribution in [-0.4, -0.2) is 101 Å². The van der Waals surface area contributed by atoms with Gasteiger partial charge in [0.2, 0.25) is 5.88 Å². The summed E-state index contributed by atoms with van der Waals surface area (Å²) in [5.41, 5.74) is -1.61. The lowest BCUT2D eigenvalue weighted by molar-refractivity contribution is -0.138. The Morgan fingerprint density at radius 1 is 1.15 bits per heavy atom. The van der Waals surface area contributed by atoms with Gasteiger partial charge in [-0.1, -0.05) is 13.3 Å². The Labute approximate surface area is 279 Å². The van der Waals surface area contributed by atoms with Crippen molar-refractivity contribution in [1.82, 2.24) is 20.2 Å². The minimum Gasteiger partial charge on any atom is -0.511 e. The largest absolute Gasteiger partial charge is 0.511 e. The first-order valence-corrected chi connectivity index (χ1v) is 17.4. The molecule has 0 aromatic carbocycles. The maximum absolute atomic E-state index is 13.2. The van der Waals surface area contributed by atoms with Gasteiger partial charge in [0.05, 0.1) is 18.6 Å². The van der Waals surface area contributed by atoms with Gasteiger partial charge in [-0.2, -0.15) is 4.98 Å². The minimum atomic E-state index is -0.902. The second-order valence-electron chi connectivity index (χ2n) is 15.0. The molecule has 1 saturated carbocycles. The quantitative estimate of drug-likeness (QED) is 0.227. The summed E-state index contributed by atoms with van der Waals surface area (Å²) in [4.78, 5) is 39.8. The molecule has 5 rings (SSSR count). The number of anilines is 1. The Bertz CT molecular complexity index is 1370. The number of piperazine rings is 1. The molecule has 0 bridgehead atoms. The van der Waals surface area contributed by atoms with E-state index >= 15 is 0 Å². The number of carbonyl (C=O) groups is 2. The van der Waals surface area contributed by atoms with Crippen LogP contribution < -0.4 is 15.0 Å². The normalized spacial score (nSPS) is 24.3. The summed E-state index contributed by atoms with van der Waals surface area (Å²) in [6.07, 6.45) is 6.10. The predicted octanol–water partition coefficient (Wildman–Crippen LogP) is 5.20. The number of hydrogen-bond donors (Lipinski definition) is 3. The number of carbonyl (C=O) groups excluding carboxylic acids is 2. The molecule has 47 heavy (non-hydrogen) atoms. The van der Waals surface area contributed by atoms with E-state index in [1.807, 2.05) is 40.8 Å². The molecule has 2 saturated heterocycles. The molecule has 3 fully saturated rings. The van der Waals surface area contributed by atoms with Gasteiger partial charge in [0.1, 0.15) is 40.3 Å². The average Bonchev–Trinajstić information content (AvgIpc) is 3.01. The summed E-state index contributed by atoms with van der Waals surface area (Å²) >= 11 is 0. The van der Waals surface area contributed by atoms with Crippen LogP contribution in [0.5, 0.6) is 5.88 Å². The zero-order valence-corrected chi connectivity index (χ0v) is 29.1. The molecule has 3 atom stereocenters. The van der Waals surface area contributed by atoms with E-state index in [4.69, 9.17) is 24.2 Å². The van der Waals surface area contributed by atoms with E-state index in [1.165, 1.54) is 0 Å². The fourth-order valence-corrected chi connectivity index (χ4v) is 7.33. The van der Waals surface area contributed by atoms with Crippen molar-refractivity contribution in [3.8, 4) is 5.88 Å². The van der Waals surface area contributed by atoms with Crippen molar-refractivity contribution < 1.29 is 28.9 Å². The number of ketones is 1. The second kappa shape index (κ2) is 14.1. The minimum absolute atomic E-state index is 0.0236. The van der Waals surface area contributed by atoms with Gasteiger partial charge < -0.3 is 29.5 Å². The van der Waals surface area contributed by atoms with Crippen LogP contribution in [0.15, 0.2) is 17.4 Å². The molecular weight excluding hydrogens is 600 g/mol. The van der Waals surface area contributed by atoms with Crippen molar-refractivity contribution in [2.24, 2.45) is 11.3 Å². The number of nitrogens with one attached hydrogen (secondary N) is 2. The first-order chi connectivity index (χ1) is 22.3. The third-order valence-electron chi connectivity index (χ3n) is 10.3. The number of ether oxygens (including phenoxy) is 3. The Hall–Kier alpha value is -3.25. The number of nitrogens with zero attached hydrogens (tertiary/aromatic N) is 4. The Morgan fingerprint density at radius 3 is 2.55 bits per heavy atom. The highest BCUT2D eigenvalue weighted by molar-refractivity contribution is 6.09. The fourth-order valence-electron chi connectivity index (χ4n) is 7.33. The molecule has 2 spiro atoms. The van der Waals surface area contributed by atoms with E-state index < -0.39 is 16.6 Å². The van der Waals surface area contributed by atoms with Gasteiger partial charge in [-0.3, -0.25) is 15.1 Å².